The number of nitrogens with zero attached hydrogens (tertiary/aromatic N) is 2. The van der Waals surface area contributed by atoms with Gasteiger partial charge in [-0.25, -0.2) is 4.98 Å². The van der Waals surface area contributed by atoms with Crippen molar-refractivity contribution in [2.24, 2.45) is 0 Å². The van der Waals surface area contributed by atoms with Gasteiger partial charge in [0.05, 0.1) is 10.4 Å². The quantitative estimate of drug-likeness (QED) is 0.652. The van der Waals surface area contributed by atoms with E-state index in [1.54, 1.807) is 11.3 Å². The van der Waals surface area contributed by atoms with Gasteiger partial charge in [0.1, 0.15) is 5.52 Å². The van der Waals surface area contributed by atoms with E-state index in [0.717, 1.165) is 17.7 Å². The summed E-state index contributed by atoms with van der Waals surface area (Å²) < 4.78 is 1.18. The van der Waals surface area contributed by atoms with Crippen LogP contribution in [-0.2, 0) is 0 Å². The topological polar surface area (TPSA) is 16.1 Å². The number of anilines is 2. The number of hydrogen-bond acceptors (Lipinski definition) is 3. The highest BCUT2D eigenvalue weighted by molar-refractivity contribution is 7.16. The summed E-state index contributed by atoms with van der Waals surface area (Å²) in [4.78, 5) is 6.71. The van der Waals surface area contributed by atoms with Crippen LogP contribution in [-0.4, -0.2) is 11.5 Å². The van der Waals surface area contributed by atoms with Crippen molar-refractivity contribution in [3.63, 3.8) is 0 Å². The molecular formula is C16H11N2S. The van der Waals surface area contributed by atoms with E-state index >= 15 is 0 Å². The number of para-hydroxylation sites is 2. The van der Waals surface area contributed by atoms with Gasteiger partial charge in [-0.3, -0.25) is 0 Å². The predicted octanol–water partition coefficient (Wildman–Crippen LogP) is 4.26. The van der Waals surface area contributed by atoms with Crippen molar-refractivity contribution in [1.82, 2.24) is 4.98 Å². The van der Waals surface area contributed by atoms with Gasteiger partial charge in [-0.15, -0.1) is 11.3 Å². The summed E-state index contributed by atoms with van der Waals surface area (Å²) in [5, 5.41) is 0. The minimum absolute atomic E-state index is 0.883. The number of hydrogen-bond donors (Lipinski definition) is 0. The molecule has 0 unspecified atom stereocenters. The molecule has 0 amide bonds. The zero-order valence-electron chi connectivity index (χ0n) is 10.2. The van der Waals surface area contributed by atoms with Gasteiger partial charge in [0, 0.05) is 12.2 Å². The molecule has 0 saturated heterocycles. The molecule has 2 heterocycles. The molecule has 1 radical (unpaired) electrons. The van der Waals surface area contributed by atoms with Gasteiger partial charge in [0.2, 0.25) is 0 Å². The van der Waals surface area contributed by atoms with E-state index < -0.39 is 0 Å². The van der Waals surface area contributed by atoms with Gasteiger partial charge in [-0.05, 0) is 23.8 Å². The van der Waals surface area contributed by atoms with Gasteiger partial charge in [0.25, 0.3) is 0 Å². The molecule has 0 atom stereocenters. The van der Waals surface area contributed by atoms with Crippen molar-refractivity contribution >= 4 is 39.0 Å². The SMILES string of the molecule is [c]1nc2c(N3CC=Cc4ccccc43)cccc2s1. The van der Waals surface area contributed by atoms with E-state index in [4.69, 9.17) is 0 Å². The molecule has 0 fully saturated rings. The maximum Gasteiger partial charge on any atom is 0.153 e. The van der Waals surface area contributed by atoms with Gasteiger partial charge in [-0.2, -0.15) is 0 Å². The fraction of sp³-hybridized carbons (Fsp3) is 0.0625. The van der Waals surface area contributed by atoms with Gasteiger partial charge in [-0.1, -0.05) is 36.4 Å². The van der Waals surface area contributed by atoms with Crippen LogP contribution in [0.2, 0.25) is 0 Å². The molecule has 1 aliphatic heterocycles. The Hall–Kier alpha value is -2.13. The zero-order valence-corrected chi connectivity index (χ0v) is 11.0. The molecule has 0 N–H and O–H groups in total. The van der Waals surface area contributed by atoms with E-state index in [9.17, 15) is 0 Å². The Morgan fingerprint density at radius 3 is 2.95 bits per heavy atom. The van der Waals surface area contributed by atoms with Crippen LogP contribution in [0.15, 0.2) is 48.5 Å². The first-order valence-electron chi connectivity index (χ1n) is 6.22. The van der Waals surface area contributed by atoms with Gasteiger partial charge < -0.3 is 4.90 Å². The van der Waals surface area contributed by atoms with Crippen LogP contribution in [0.25, 0.3) is 16.3 Å². The molecule has 3 heteroatoms. The Morgan fingerprint density at radius 1 is 1.05 bits per heavy atom. The van der Waals surface area contributed by atoms with Gasteiger partial charge >= 0.3 is 0 Å². The fourth-order valence-electron chi connectivity index (χ4n) is 2.53. The molecule has 2 aromatic carbocycles. The third-order valence-corrected chi connectivity index (χ3v) is 4.13. The molecule has 91 valence electrons. The summed E-state index contributed by atoms with van der Waals surface area (Å²) in [5.41, 5.74) is 7.68. The monoisotopic (exact) mass is 263 g/mol. The first-order chi connectivity index (χ1) is 9.43. The fourth-order valence-corrected chi connectivity index (χ4v) is 3.16. The van der Waals surface area contributed by atoms with Crippen molar-refractivity contribution in [2.75, 3.05) is 11.4 Å². The lowest BCUT2D eigenvalue weighted by molar-refractivity contribution is 1.09. The number of rotatable bonds is 1. The highest BCUT2D eigenvalue weighted by Crippen LogP contribution is 2.36. The maximum atomic E-state index is 4.39. The van der Waals surface area contributed by atoms with Crippen molar-refractivity contribution < 1.29 is 0 Å². The molecule has 2 nitrogen and oxygen atoms in total. The second kappa shape index (κ2) is 4.21. The molecular weight excluding hydrogens is 252 g/mol. The maximum absolute atomic E-state index is 4.39. The lowest BCUT2D eigenvalue weighted by Crippen LogP contribution is -2.20. The Bertz CT molecular complexity index is 773. The predicted molar refractivity (Wildman–Crippen MR) is 80.9 cm³/mol. The molecule has 4 rings (SSSR count). The van der Waals surface area contributed by atoms with Crippen molar-refractivity contribution in [3.8, 4) is 0 Å². The standard InChI is InChI=1S/C16H11N2S/c1-2-7-13-12(5-1)6-4-10-18(13)14-8-3-9-15-16(14)17-11-19-15/h1-9H,10H2. The van der Waals surface area contributed by atoms with Crippen LogP contribution >= 0.6 is 11.3 Å². The minimum atomic E-state index is 0.883. The van der Waals surface area contributed by atoms with Crippen molar-refractivity contribution in [2.45, 2.75) is 0 Å². The minimum Gasteiger partial charge on any atom is -0.335 e. The third kappa shape index (κ3) is 1.66. The summed E-state index contributed by atoms with van der Waals surface area (Å²) in [5.74, 6) is 0. The number of thiazole rings is 1. The van der Waals surface area contributed by atoms with Crippen LogP contribution in [0.4, 0.5) is 11.4 Å². The Balaban J connectivity index is 1.94. The molecule has 0 saturated carbocycles. The second-order valence-corrected chi connectivity index (χ2v) is 5.33. The highest BCUT2D eigenvalue weighted by Gasteiger charge is 2.17. The number of aromatic nitrogens is 1. The van der Waals surface area contributed by atoms with Crippen molar-refractivity contribution in [1.29, 1.82) is 0 Å². The average molecular weight is 263 g/mol. The Morgan fingerprint density at radius 2 is 1.95 bits per heavy atom. The molecule has 19 heavy (non-hydrogen) atoms. The lowest BCUT2D eigenvalue weighted by Gasteiger charge is -2.28. The van der Waals surface area contributed by atoms with E-state index in [0.29, 0.717) is 0 Å². The molecule has 0 aliphatic carbocycles. The van der Waals surface area contributed by atoms with Gasteiger partial charge in [0.15, 0.2) is 5.51 Å². The van der Waals surface area contributed by atoms with E-state index in [1.165, 1.54) is 16.0 Å². The van der Waals surface area contributed by atoms with E-state index in [-0.39, 0.29) is 0 Å². The summed E-state index contributed by atoms with van der Waals surface area (Å²) >= 11 is 1.57. The average Bonchev–Trinajstić information content (AvgIpc) is 2.95. The molecule has 1 aliphatic rings. The van der Waals surface area contributed by atoms with Crippen LogP contribution in [0, 0.1) is 5.51 Å². The highest BCUT2D eigenvalue weighted by atomic mass is 32.1. The molecule has 3 aromatic rings. The lowest BCUT2D eigenvalue weighted by atomic mass is 10.1. The second-order valence-electron chi connectivity index (χ2n) is 4.50. The first kappa shape index (κ1) is 10.8. The van der Waals surface area contributed by atoms with E-state index in [1.807, 2.05) is 0 Å². The van der Waals surface area contributed by atoms with Crippen LogP contribution < -0.4 is 4.90 Å². The first-order valence-corrected chi connectivity index (χ1v) is 7.04. The normalized spacial score (nSPS) is 13.8. The van der Waals surface area contributed by atoms with Crippen LogP contribution in [0.1, 0.15) is 5.56 Å². The van der Waals surface area contributed by atoms with E-state index in [2.05, 4.69) is 70.0 Å². The Kier molecular flexibility index (Phi) is 2.38. The van der Waals surface area contributed by atoms with Crippen LogP contribution in [0.3, 0.4) is 0 Å². The smallest absolute Gasteiger partial charge is 0.153 e. The summed E-state index contributed by atoms with van der Waals surface area (Å²) in [6, 6.07) is 14.8. The van der Waals surface area contributed by atoms with Crippen molar-refractivity contribution in [3.05, 3.63) is 59.6 Å². The summed E-state index contributed by atoms with van der Waals surface area (Å²) in [7, 11) is 0. The zero-order chi connectivity index (χ0) is 12.7. The molecule has 0 bridgehead atoms. The third-order valence-electron chi connectivity index (χ3n) is 3.39. The molecule has 1 aromatic heterocycles. The Labute approximate surface area is 115 Å². The number of fused-ring (bicyclic) bond motifs is 2. The molecule has 0 spiro atoms. The largest absolute Gasteiger partial charge is 0.335 e. The number of benzene rings is 2. The summed E-state index contributed by atoms with van der Waals surface area (Å²) in [6.07, 6.45) is 4.37. The van der Waals surface area contributed by atoms with Crippen LogP contribution in [0.5, 0.6) is 0 Å². The summed E-state index contributed by atoms with van der Waals surface area (Å²) in [6.45, 7) is 0.883.